The normalized spacial score (nSPS) is 27.6. The lowest BCUT2D eigenvalue weighted by Gasteiger charge is -2.28. The molecule has 0 aromatic carbocycles. The highest BCUT2D eigenvalue weighted by Gasteiger charge is 2.18. The van der Waals surface area contributed by atoms with Crippen molar-refractivity contribution in [3.05, 3.63) is 9.98 Å². The van der Waals surface area contributed by atoms with Gasteiger partial charge < -0.3 is 10.6 Å². The highest BCUT2D eigenvalue weighted by Crippen LogP contribution is 2.22. The number of nitrogens with one attached hydrogen (secondary N) is 2. The summed E-state index contributed by atoms with van der Waals surface area (Å²) in [6.45, 7) is 3.33. The van der Waals surface area contributed by atoms with Crippen LogP contribution in [0.1, 0.15) is 19.8 Å². The first-order chi connectivity index (χ1) is 6.74. The summed E-state index contributed by atoms with van der Waals surface area (Å²) >= 11 is 5.01. The summed E-state index contributed by atoms with van der Waals surface area (Å²) in [6, 6.07) is 1.19. The molecule has 1 fully saturated rings. The average Bonchev–Trinajstić information content (AvgIpc) is 2.51. The maximum atomic E-state index is 4.33. The Morgan fingerprint density at radius 1 is 1.71 bits per heavy atom. The molecule has 0 spiro atoms. The summed E-state index contributed by atoms with van der Waals surface area (Å²) in [7, 11) is 0. The smallest absolute Gasteiger partial charge is 0.183 e. The van der Waals surface area contributed by atoms with Crippen molar-refractivity contribution in [1.82, 2.24) is 10.3 Å². The quantitative estimate of drug-likeness (QED) is 0.871. The molecular formula is C9H14BrN3S. The SMILES string of the molecule is CC1CC(Nc2nc(Br)cs2)CCN1. The lowest BCUT2D eigenvalue weighted by atomic mass is 10.0. The van der Waals surface area contributed by atoms with Gasteiger partial charge in [0.1, 0.15) is 4.60 Å². The third-order valence-corrected chi connectivity index (χ3v) is 3.91. The number of thiazole rings is 1. The van der Waals surface area contributed by atoms with Crippen LogP contribution < -0.4 is 10.6 Å². The van der Waals surface area contributed by atoms with Gasteiger partial charge in [0.05, 0.1) is 0 Å². The Labute approximate surface area is 96.4 Å². The zero-order valence-electron chi connectivity index (χ0n) is 8.09. The minimum absolute atomic E-state index is 0.573. The summed E-state index contributed by atoms with van der Waals surface area (Å²) in [4.78, 5) is 4.33. The molecule has 1 aromatic heterocycles. The Hall–Kier alpha value is -0.130. The summed E-state index contributed by atoms with van der Waals surface area (Å²) in [5.41, 5.74) is 0. The number of hydrogen-bond donors (Lipinski definition) is 2. The van der Waals surface area contributed by atoms with E-state index >= 15 is 0 Å². The van der Waals surface area contributed by atoms with Crippen LogP contribution in [-0.2, 0) is 0 Å². The van der Waals surface area contributed by atoms with Crippen LogP contribution in [0.3, 0.4) is 0 Å². The molecule has 1 saturated heterocycles. The van der Waals surface area contributed by atoms with Crippen LogP contribution in [0.25, 0.3) is 0 Å². The predicted octanol–water partition coefficient (Wildman–Crippen LogP) is 2.46. The van der Waals surface area contributed by atoms with Gasteiger partial charge in [0.2, 0.25) is 0 Å². The fourth-order valence-corrected chi connectivity index (χ4v) is 2.98. The lowest BCUT2D eigenvalue weighted by Crippen LogP contribution is -2.41. The largest absolute Gasteiger partial charge is 0.359 e. The van der Waals surface area contributed by atoms with Gasteiger partial charge in [-0.25, -0.2) is 4.98 Å². The molecular weight excluding hydrogens is 262 g/mol. The predicted molar refractivity (Wildman–Crippen MR) is 63.9 cm³/mol. The van der Waals surface area contributed by atoms with Gasteiger partial charge in [-0.2, -0.15) is 0 Å². The topological polar surface area (TPSA) is 37.0 Å². The van der Waals surface area contributed by atoms with Crippen molar-refractivity contribution in [2.75, 3.05) is 11.9 Å². The molecule has 0 radical (unpaired) electrons. The summed E-state index contributed by atoms with van der Waals surface area (Å²) in [6.07, 6.45) is 2.36. The van der Waals surface area contributed by atoms with Crippen molar-refractivity contribution in [3.8, 4) is 0 Å². The second-order valence-electron chi connectivity index (χ2n) is 3.70. The van der Waals surface area contributed by atoms with Crippen LogP contribution in [0.5, 0.6) is 0 Å². The van der Waals surface area contributed by atoms with E-state index in [4.69, 9.17) is 0 Å². The van der Waals surface area contributed by atoms with Crippen LogP contribution in [0, 0.1) is 0 Å². The van der Waals surface area contributed by atoms with E-state index in [-0.39, 0.29) is 0 Å². The number of halogens is 1. The van der Waals surface area contributed by atoms with E-state index in [1.165, 1.54) is 12.8 Å². The first-order valence-corrected chi connectivity index (χ1v) is 6.52. The summed E-state index contributed by atoms with van der Waals surface area (Å²) < 4.78 is 0.923. The van der Waals surface area contributed by atoms with E-state index in [9.17, 15) is 0 Å². The Bertz CT molecular complexity index is 302. The average molecular weight is 276 g/mol. The van der Waals surface area contributed by atoms with E-state index in [0.717, 1.165) is 16.3 Å². The van der Waals surface area contributed by atoms with E-state index in [2.05, 4.69) is 38.5 Å². The molecule has 5 heteroatoms. The van der Waals surface area contributed by atoms with Gasteiger partial charge in [0.15, 0.2) is 5.13 Å². The second kappa shape index (κ2) is 4.59. The summed E-state index contributed by atoms with van der Waals surface area (Å²) in [5, 5.41) is 9.94. The van der Waals surface area contributed by atoms with E-state index in [1.54, 1.807) is 11.3 Å². The first-order valence-electron chi connectivity index (χ1n) is 4.85. The number of anilines is 1. The fraction of sp³-hybridized carbons (Fsp3) is 0.667. The third kappa shape index (κ3) is 2.68. The molecule has 0 bridgehead atoms. The Kier molecular flexibility index (Phi) is 3.41. The summed E-state index contributed by atoms with van der Waals surface area (Å²) in [5.74, 6) is 0. The van der Waals surface area contributed by atoms with Gasteiger partial charge in [0.25, 0.3) is 0 Å². The molecule has 14 heavy (non-hydrogen) atoms. The third-order valence-electron chi connectivity index (χ3n) is 2.43. The Morgan fingerprint density at radius 2 is 2.57 bits per heavy atom. The maximum Gasteiger partial charge on any atom is 0.183 e. The number of nitrogens with zero attached hydrogens (tertiary/aromatic N) is 1. The highest BCUT2D eigenvalue weighted by molar-refractivity contribution is 9.10. The van der Waals surface area contributed by atoms with E-state index < -0.39 is 0 Å². The zero-order valence-corrected chi connectivity index (χ0v) is 10.5. The van der Waals surface area contributed by atoms with Gasteiger partial charge in [-0.1, -0.05) is 0 Å². The van der Waals surface area contributed by atoms with Crippen LogP contribution in [-0.4, -0.2) is 23.6 Å². The molecule has 0 aliphatic carbocycles. The highest BCUT2D eigenvalue weighted by atomic mass is 79.9. The minimum Gasteiger partial charge on any atom is -0.359 e. The Balaban J connectivity index is 1.90. The second-order valence-corrected chi connectivity index (χ2v) is 5.37. The van der Waals surface area contributed by atoms with Crippen LogP contribution in [0.15, 0.2) is 9.98 Å². The molecule has 78 valence electrons. The van der Waals surface area contributed by atoms with Gasteiger partial charge >= 0.3 is 0 Å². The van der Waals surface area contributed by atoms with Crippen molar-refractivity contribution in [2.45, 2.75) is 31.8 Å². The van der Waals surface area contributed by atoms with Crippen molar-refractivity contribution < 1.29 is 0 Å². The lowest BCUT2D eigenvalue weighted by molar-refractivity contribution is 0.396. The van der Waals surface area contributed by atoms with Crippen LogP contribution in [0.2, 0.25) is 0 Å². The van der Waals surface area contributed by atoms with Crippen molar-refractivity contribution in [3.63, 3.8) is 0 Å². The van der Waals surface area contributed by atoms with Gasteiger partial charge in [-0.3, -0.25) is 0 Å². The van der Waals surface area contributed by atoms with Gasteiger partial charge in [-0.15, -0.1) is 11.3 Å². The van der Waals surface area contributed by atoms with Crippen LogP contribution in [0.4, 0.5) is 5.13 Å². The number of aromatic nitrogens is 1. The molecule has 1 aromatic rings. The molecule has 0 saturated carbocycles. The molecule has 1 aliphatic heterocycles. The number of hydrogen-bond acceptors (Lipinski definition) is 4. The maximum absolute atomic E-state index is 4.33. The van der Waals surface area contributed by atoms with Gasteiger partial charge in [-0.05, 0) is 42.2 Å². The molecule has 2 rings (SSSR count). The zero-order chi connectivity index (χ0) is 9.97. The van der Waals surface area contributed by atoms with Crippen LogP contribution >= 0.6 is 27.3 Å². The standard InChI is InChI=1S/C9H14BrN3S/c1-6-4-7(2-3-11-6)12-9-13-8(10)5-14-9/h5-7,11H,2-4H2,1H3,(H,12,13). The van der Waals surface area contributed by atoms with E-state index in [0.29, 0.717) is 12.1 Å². The van der Waals surface area contributed by atoms with Gasteiger partial charge in [0, 0.05) is 17.5 Å². The monoisotopic (exact) mass is 275 g/mol. The molecule has 0 amide bonds. The van der Waals surface area contributed by atoms with E-state index in [1.807, 2.05) is 5.38 Å². The fourth-order valence-electron chi connectivity index (χ4n) is 1.76. The molecule has 2 unspecified atom stereocenters. The number of piperidine rings is 1. The molecule has 2 heterocycles. The van der Waals surface area contributed by atoms with Crippen molar-refractivity contribution in [1.29, 1.82) is 0 Å². The van der Waals surface area contributed by atoms with Crippen molar-refractivity contribution in [2.24, 2.45) is 0 Å². The minimum atomic E-state index is 0.573. The first kappa shape index (κ1) is 10.4. The molecule has 2 N–H and O–H groups in total. The number of rotatable bonds is 2. The molecule has 1 aliphatic rings. The molecule has 2 atom stereocenters. The molecule has 3 nitrogen and oxygen atoms in total. The Morgan fingerprint density at radius 3 is 3.21 bits per heavy atom. The van der Waals surface area contributed by atoms with Crippen molar-refractivity contribution >= 4 is 32.4 Å².